The lowest BCUT2D eigenvalue weighted by molar-refractivity contribution is -0.384. The largest absolute Gasteiger partial charge is 0.459 e. The highest BCUT2D eigenvalue weighted by atomic mass is 16.7. The molecular weight excluding hydrogens is 476 g/mol. The molecule has 9 nitrogen and oxygen atoms in total. The van der Waals surface area contributed by atoms with Crippen molar-refractivity contribution in [3.05, 3.63) is 82.4 Å². The first-order valence-electron chi connectivity index (χ1n) is 12.6. The quantitative estimate of drug-likeness (QED) is 0.378. The predicted molar refractivity (Wildman–Crippen MR) is 132 cm³/mol. The molecule has 0 bridgehead atoms. The highest BCUT2D eigenvalue weighted by molar-refractivity contribution is 6.00. The number of carbonyl (C=O) groups excluding carboxylic acids is 2. The van der Waals surface area contributed by atoms with Crippen LogP contribution in [0.5, 0.6) is 0 Å². The van der Waals surface area contributed by atoms with Crippen LogP contribution in [0.3, 0.4) is 0 Å². The van der Waals surface area contributed by atoms with Crippen LogP contribution in [-0.2, 0) is 19.2 Å². The van der Waals surface area contributed by atoms with Crippen molar-refractivity contribution in [3.63, 3.8) is 0 Å². The molecule has 6 rings (SSSR count). The fourth-order valence-electron chi connectivity index (χ4n) is 6.90. The summed E-state index contributed by atoms with van der Waals surface area (Å²) in [5, 5.41) is 24.6. The summed E-state index contributed by atoms with van der Waals surface area (Å²) in [6.45, 7) is 3.61. The first-order valence-corrected chi connectivity index (χ1v) is 12.6. The molecule has 2 aromatic carbocycles. The maximum atomic E-state index is 13.7. The number of hydrogen-bond donors (Lipinski definition) is 1. The molecule has 2 aliphatic heterocycles. The maximum absolute atomic E-state index is 13.7. The van der Waals surface area contributed by atoms with E-state index in [4.69, 9.17) is 9.57 Å². The van der Waals surface area contributed by atoms with E-state index in [-0.39, 0.29) is 23.8 Å². The summed E-state index contributed by atoms with van der Waals surface area (Å²) < 4.78 is 6.00. The highest BCUT2D eigenvalue weighted by Crippen LogP contribution is 2.61. The number of nitro benzene ring substituents is 1. The van der Waals surface area contributed by atoms with E-state index in [1.54, 1.807) is 30.2 Å². The SMILES string of the molecule is C[C@H]1CC[C@@H]2[C@@H](OC(=O)[C@]23CC(c2ccc([N+](=O)[O-])cc2)N(c2ccccc2)O3)[C@]2(C)C(=O)C=C[C@@]12O. The zero-order valence-corrected chi connectivity index (χ0v) is 20.6. The molecule has 2 saturated heterocycles. The van der Waals surface area contributed by atoms with Gasteiger partial charge in [0.1, 0.15) is 11.7 Å². The Kier molecular flexibility index (Phi) is 5.13. The number of esters is 1. The van der Waals surface area contributed by atoms with Crippen molar-refractivity contribution in [2.75, 3.05) is 5.06 Å². The van der Waals surface area contributed by atoms with Gasteiger partial charge in [0.2, 0.25) is 5.60 Å². The number of allylic oxidation sites excluding steroid dienone is 1. The van der Waals surface area contributed by atoms with Crippen LogP contribution in [0.1, 0.15) is 44.7 Å². The van der Waals surface area contributed by atoms with Gasteiger partial charge < -0.3 is 9.84 Å². The number of aliphatic hydroxyl groups is 1. The third-order valence-electron chi connectivity index (χ3n) is 9.15. The number of ketones is 1. The minimum atomic E-state index is -1.43. The first kappa shape index (κ1) is 23.8. The lowest BCUT2D eigenvalue weighted by atomic mass is 9.63. The molecular formula is C28H28N2O7. The van der Waals surface area contributed by atoms with Gasteiger partial charge in [0.25, 0.3) is 5.69 Å². The average molecular weight is 505 g/mol. The maximum Gasteiger partial charge on any atom is 0.342 e. The van der Waals surface area contributed by atoms with Gasteiger partial charge in [-0.25, -0.2) is 9.86 Å². The molecule has 2 aliphatic carbocycles. The molecule has 2 aromatic rings. The van der Waals surface area contributed by atoms with E-state index in [0.29, 0.717) is 12.8 Å². The van der Waals surface area contributed by atoms with Crippen LogP contribution < -0.4 is 5.06 Å². The number of para-hydroxylation sites is 1. The Balaban J connectivity index is 1.44. The summed E-state index contributed by atoms with van der Waals surface area (Å²) in [6, 6.07) is 15.2. The van der Waals surface area contributed by atoms with Crippen molar-refractivity contribution in [2.24, 2.45) is 17.3 Å². The second-order valence-corrected chi connectivity index (χ2v) is 10.8. The molecule has 0 aromatic heterocycles. The molecule has 1 spiro atoms. The van der Waals surface area contributed by atoms with E-state index < -0.39 is 45.6 Å². The number of anilines is 1. The normalized spacial score (nSPS) is 38.4. The van der Waals surface area contributed by atoms with Crippen molar-refractivity contribution in [2.45, 2.75) is 56.5 Å². The number of fused-ring (bicyclic) bond motifs is 4. The van der Waals surface area contributed by atoms with Gasteiger partial charge in [-0.1, -0.05) is 37.3 Å². The summed E-state index contributed by atoms with van der Waals surface area (Å²) in [7, 11) is 0. The van der Waals surface area contributed by atoms with Gasteiger partial charge >= 0.3 is 5.97 Å². The van der Waals surface area contributed by atoms with Gasteiger partial charge in [-0.3, -0.25) is 19.7 Å². The monoisotopic (exact) mass is 504 g/mol. The van der Waals surface area contributed by atoms with Crippen LogP contribution in [0.15, 0.2) is 66.7 Å². The summed E-state index contributed by atoms with van der Waals surface area (Å²) in [6.07, 6.45) is 3.47. The lowest BCUT2D eigenvalue weighted by Crippen LogP contribution is -2.57. The predicted octanol–water partition coefficient (Wildman–Crippen LogP) is 4.06. The van der Waals surface area contributed by atoms with E-state index in [0.717, 1.165) is 11.3 Å². The third-order valence-corrected chi connectivity index (χ3v) is 9.15. The molecule has 1 N–H and O–H groups in total. The van der Waals surface area contributed by atoms with Crippen LogP contribution in [0, 0.1) is 27.4 Å². The smallest absolute Gasteiger partial charge is 0.342 e. The third kappa shape index (κ3) is 3.10. The van der Waals surface area contributed by atoms with Gasteiger partial charge in [-0.2, -0.15) is 0 Å². The number of hydrogen-bond acceptors (Lipinski definition) is 8. The first-order chi connectivity index (χ1) is 17.6. The zero-order chi connectivity index (χ0) is 26.2. The average Bonchev–Trinajstić information content (AvgIpc) is 3.49. The van der Waals surface area contributed by atoms with Crippen LogP contribution >= 0.6 is 0 Å². The van der Waals surface area contributed by atoms with Gasteiger partial charge in [0.15, 0.2) is 5.78 Å². The summed E-state index contributed by atoms with van der Waals surface area (Å²) in [5.41, 5.74) is -2.66. The minimum absolute atomic E-state index is 0.0267. The second kappa shape index (κ2) is 7.97. The number of non-ortho nitro benzene ring substituents is 1. The van der Waals surface area contributed by atoms with E-state index in [9.17, 15) is 24.8 Å². The summed E-state index contributed by atoms with van der Waals surface area (Å²) >= 11 is 0. The molecule has 0 amide bonds. The van der Waals surface area contributed by atoms with Crippen molar-refractivity contribution >= 4 is 23.1 Å². The van der Waals surface area contributed by atoms with Gasteiger partial charge in [0.05, 0.1) is 22.1 Å². The number of rotatable bonds is 3. The Bertz CT molecular complexity index is 1310. The fourth-order valence-corrected chi connectivity index (χ4v) is 6.90. The van der Waals surface area contributed by atoms with Gasteiger partial charge in [0, 0.05) is 24.5 Å². The van der Waals surface area contributed by atoms with Crippen LogP contribution in [0.2, 0.25) is 0 Å². The molecule has 3 fully saturated rings. The topological polar surface area (TPSA) is 119 Å². The summed E-state index contributed by atoms with van der Waals surface area (Å²) in [5.74, 6) is -1.50. The molecule has 192 valence electrons. The van der Waals surface area contributed by atoms with Gasteiger partial charge in [-0.15, -0.1) is 0 Å². The Morgan fingerprint density at radius 3 is 2.46 bits per heavy atom. The molecule has 9 heteroatoms. The second-order valence-electron chi connectivity index (χ2n) is 10.8. The fraction of sp³-hybridized carbons (Fsp3) is 0.429. The Labute approximate surface area is 213 Å². The Hall–Kier alpha value is -3.56. The van der Waals surface area contributed by atoms with E-state index in [1.165, 1.54) is 18.2 Å². The number of nitro groups is 1. The van der Waals surface area contributed by atoms with E-state index >= 15 is 0 Å². The number of carbonyl (C=O) groups is 2. The van der Waals surface area contributed by atoms with Crippen LogP contribution in [-0.4, -0.2) is 39.1 Å². The molecule has 7 atom stereocenters. The van der Waals surface area contributed by atoms with Crippen molar-refractivity contribution < 1.29 is 29.2 Å². The molecule has 0 radical (unpaired) electrons. The minimum Gasteiger partial charge on any atom is -0.459 e. The molecule has 1 unspecified atom stereocenters. The Morgan fingerprint density at radius 2 is 1.78 bits per heavy atom. The molecule has 37 heavy (non-hydrogen) atoms. The number of ether oxygens (including phenoxy) is 1. The summed E-state index contributed by atoms with van der Waals surface area (Å²) in [4.78, 5) is 44.3. The standard InChI is InChI=1S/C28H28N2O7/c1-17-8-13-21-24(26(2)23(31)14-15-28(17,26)33)36-25(32)27(21)16-22(18-9-11-20(12-10-18)30(34)35)29(37-27)19-6-4-3-5-7-19/h3-7,9-12,14-15,17,21-22,24,33H,8,13,16H2,1-2H3/t17-,21+,22?,24+,26-,27-,28+/m0/s1. The Morgan fingerprint density at radius 1 is 1.08 bits per heavy atom. The number of nitrogens with zero attached hydrogens (tertiary/aromatic N) is 2. The van der Waals surface area contributed by atoms with Crippen molar-refractivity contribution in [1.82, 2.24) is 0 Å². The van der Waals surface area contributed by atoms with Crippen molar-refractivity contribution in [3.8, 4) is 0 Å². The van der Waals surface area contributed by atoms with Crippen LogP contribution in [0.4, 0.5) is 11.4 Å². The van der Waals surface area contributed by atoms with E-state index in [1.807, 2.05) is 37.3 Å². The molecule has 4 aliphatic rings. The zero-order valence-electron chi connectivity index (χ0n) is 20.6. The van der Waals surface area contributed by atoms with Crippen molar-refractivity contribution in [1.29, 1.82) is 0 Å². The number of benzene rings is 2. The molecule has 2 heterocycles. The van der Waals surface area contributed by atoms with Gasteiger partial charge in [-0.05, 0) is 55.5 Å². The van der Waals surface area contributed by atoms with Crippen LogP contribution in [0.25, 0.3) is 0 Å². The highest BCUT2D eigenvalue weighted by Gasteiger charge is 2.74. The molecule has 1 saturated carbocycles. The lowest BCUT2D eigenvalue weighted by Gasteiger charge is -2.43. The van der Waals surface area contributed by atoms with E-state index in [2.05, 4.69) is 0 Å². The number of hydroxylamine groups is 1.